The molecule has 1 amide bonds. The van der Waals surface area contributed by atoms with Gasteiger partial charge in [-0.3, -0.25) is 4.79 Å². The number of benzene rings is 1. The Morgan fingerprint density at radius 2 is 2.14 bits per heavy atom. The van der Waals surface area contributed by atoms with E-state index in [0.29, 0.717) is 32.0 Å². The van der Waals surface area contributed by atoms with E-state index in [4.69, 9.17) is 4.74 Å². The molecule has 1 aliphatic rings. The lowest BCUT2D eigenvalue weighted by molar-refractivity contribution is -0.155. The fraction of sp³-hybridized carbons (Fsp3) is 0.467. The number of carbonyl (C=O) groups excluding carboxylic acids is 2. The summed E-state index contributed by atoms with van der Waals surface area (Å²) in [5, 5.41) is 3.13. The molecule has 21 heavy (non-hydrogen) atoms. The second kappa shape index (κ2) is 8.05. The first-order valence-electron chi connectivity index (χ1n) is 7.07. The summed E-state index contributed by atoms with van der Waals surface area (Å²) in [7, 11) is 0. The Labute approximate surface area is 129 Å². The third kappa shape index (κ3) is 4.47. The molecule has 1 aromatic rings. The minimum Gasteiger partial charge on any atom is -0.464 e. The number of hydrogen-bond donors (Lipinski definition) is 1. The maximum atomic E-state index is 12.4. The summed E-state index contributed by atoms with van der Waals surface area (Å²) < 4.78 is 5.04. The van der Waals surface area contributed by atoms with E-state index in [2.05, 4.69) is 5.32 Å². The van der Waals surface area contributed by atoms with E-state index < -0.39 is 6.04 Å². The summed E-state index contributed by atoms with van der Waals surface area (Å²) in [5.74, 6) is -0.0221. The standard InChI is InChI=1S/C15H20N2O3S/c1-2-20-15(19)13-10-16-8-9-17(13)14(18)11-21-12-6-4-3-5-7-12/h3-7,13,16H,2,8-11H2,1H3. The minimum absolute atomic E-state index is 0.0246. The predicted molar refractivity (Wildman–Crippen MR) is 82.2 cm³/mol. The van der Waals surface area contributed by atoms with Crippen molar-refractivity contribution in [3.8, 4) is 0 Å². The Hall–Kier alpha value is -1.53. The summed E-state index contributed by atoms with van der Waals surface area (Å²) in [6.45, 7) is 3.80. The number of amides is 1. The topological polar surface area (TPSA) is 58.6 Å². The maximum absolute atomic E-state index is 12.4. The van der Waals surface area contributed by atoms with Crippen molar-refractivity contribution >= 4 is 23.6 Å². The van der Waals surface area contributed by atoms with Gasteiger partial charge in [-0.2, -0.15) is 0 Å². The SMILES string of the molecule is CCOC(=O)C1CNCCN1C(=O)CSc1ccccc1. The number of esters is 1. The molecular formula is C15H20N2O3S. The highest BCUT2D eigenvalue weighted by Gasteiger charge is 2.32. The van der Waals surface area contributed by atoms with Crippen molar-refractivity contribution in [1.29, 1.82) is 0 Å². The van der Waals surface area contributed by atoms with E-state index in [9.17, 15) is 9.59 Å². The van der Waals surface area contributed by atoms with Crippen LogP contribution in [0, 0.1) is 0 Å². The first-order valence-corrected chi connectivity index (χ1v) is 8.05. The van der Waals surface area contributed by atoms with Gasteiger partial charge in [-0.05, 0) is 19.1 Å². The van der Waals surface area contributed by atoms with Gasteiger partial charge in [0, 0.05) is 24.5 Å². The number of nitrogens with zero attached hydrogens (tertiary/aromatic N) is 1. The molecule has 0 aliphatic carbocycles. The summed E-state index contributed by atoms with van der Waals surface area (Å²) >= 11 is 1.49. The molecule has 1 unspecified atom stereocenters. The zero-order valence-electron chi connectivity index (χ0n) is 12.1. The number of carbonyl (C=O) groups is 2. The van der Waals surface area contributed by atoms with Gasteiger partial charge in [-0.25, -0.2) is 4.79 Å². The van der Waals surface area contributed by atoms with E-state index >= 15 is 0 Å². The van der Waals surface area contributed by atoms with Gasteiger partial charge in [0.2, 0.25) is 5.91 Å². The van der Waals surface area contributed by atoms with Crippen molar-refractivity contribution in [3.63, 3.8) is 0 Å². The normalized spacial score (nSPS) is 18.3. The monoisotopic (exact) mass is 308 g/mol. The summed E-state index contributed by atoms with van der Waals surface area (Å²) in [4.78, 5) is 27.0. The van der Waals surface area contributed by atoms with E-state index in [1.807, 2.05) is 30.3 Å². The van der Waals surface area contributed by atoms with Crippen LogP contribution in [0.2, 0.25) is 0 Å². The molecule has 0 spiro atoms. The van der Waals surface area contributed by atoms with Crippen LogP contribution in [-0.2, 0) is 14.3 Å². The lowest BCUT2D eigenvalue weighted by atomic mass is 10.2. The molecule has 1 aromatic carbocycles. The van der Waals surface area contributed by atoms with Crippen LogP contribution in [0.4, 0.5) is 0 Å². The van der Waals surface area contributed by atoms with Gasteiger partial charge in [0.1, 0.15) is 6.04 Å². The van der Waals surface area contributed by atoms with Crippen molar-refractivity contribution in [2.75, 3.05) is 32.0 Å². The van der Waals surface area contributed by atoms with Crippen molar-refractivity contribution in [2.45, 2.75) is 17.9 Å². The van der Waals surface area contributed by atoms with E-state index in [0.717, 1.165) is 4.90 Å². The smallest absolute Gasteiger partial charge is 0.330 e. The molecule has 0 aromatic heterocycles. The van der Waals surface area contributed by atoms with Crippen LogP contribution in [0.1, 0.15) is 6.92 Å². The first kappa shape index (κ1) is 15.9. The molecule has 0 bridgehead atoms. The summed E-state index contributed by atoms with van der Waals surface area (Å²) in [6, 6.07) is 9.26. The van der Waals surface area contributed by atoms with Crippen LogP contribution in [0.3, 0.4) is 0 Å². The number of ether oxygens (including phenoxy) is 1. The van der Waals surface area contributed by atoms with Crippen LogP contribution in [0.25, 0.3) is 0 Å². The fourth-order valence-corrected chi connectivity index (χ4v) is 3.00. The molecule has 1 atom stereocenters. The van der Waals surface area contributed by atoms with Crippen molar-refractivity contribution in [2.24, 2.45) is 0 Å². The predicted octanol–water partition coefficient (Wildman–Crippen LogP) is 1.14. The van der Waals surface area contributed by atoms with Gasteiger partial charge < -0.3 is 15.0 Å². The Balaban J connectivity index is 1.93. The zero-order valence-corrected chi connectivity index (χ0v) is 12.9. The molecule has 1 aliphatic heterocycles. The zero-order chi connectivity index (χ0) is 15.1. The van der Waals surface area contributed by atoms with Crippen LogP contribution >= 0.6 is 11.8 Å². The molecular weight excluding hydrogens is 288 g/mol. The van der Waals surface area contributed by atoms with Crippen LogP contribution in [0.5, 0.6) is 0 Å². The van der Waals surface area contributed by atoms with Crippen LogP contribution in [0.15, 0.2) is 35.2 Å². The van der Waals surface area contributed by atoms with Crippen molar-refractivity contribution in [3.05, 3.63) is 30.3 Å². The largest absolute Gasteiger partial charge is 0.464 e. The summed E-state index contributed by atoms with van der Waals surface area (Å²) in [5.41, 5.74) is 0. The highest BCUT2D eigenvalue weighted by molar-refractivity contribution is 8.00. The number of rotatable bonds is 5. The molecule has 1 heterocycles. The second-order valence-electron chi connectivity index (χ2n) is 4.66. The Kier molecular flexibility index (Phi) is 6.07. The van der Waals surface area contributed by atoms with Crippen LogP contribution < -0.4 is 5.32 Å². The second-order valence-corrected chi connectivity index (χ2v) is 5.71. The first-order chi connectivity index (χ1) is 10.2. The molecule has 2 rings (SSSR count). The Morgan fingerprint density at radius 3 is 2.86 bits per heavy atom. The molecule has 0 saturated carbocycles. The van der Waals surface area contributed by atoms with Gasteiger partial charge in [0.25, 0.3) is 0 Å². The molecule has 6 heteroatoms. The third-order valence-corrected chi connectivity index (χ3v) is 4.22. The molecule has 1 saturated heterocycles. The lowest BCUT2D eigenvalue weighted by Gasteiger charge is -2.34. The lowest BCUT2D eigenvalue weighted by Crippen LogP contribution is -2.57. The van der Waals surface area contributed by atoms with Crippen molar-refractivity contribution < 1.29 is 14.3 Å². The molecule has 114 valence electrons. The quantitative estimate of drug-likeness (QED) is 0.653. The molecule has 1 fully saturated rings. The summed E-state index contributed by atoms with van der Waals surface area (Å²) in [6.07, 6.45) is 0. The fourth-order valence-electron chi connectivity index (χ4n) is 2.20. The molecule has 5 nitrogen and oxygen atoms in total. The maximum Gasteiger partial charge on any atom is 0.330 e. The number of piperazine rings is 1. The Morgan fingerprint density at radius 1 is 1.38 bits per heavy atom. The van der Waals surface area contributed by atoms with Gasteiger partial charge in [0.15, 0.2) is 0 Å². The Bertz CT molecular complexity index is 481. The van der Waals surface area contributed by atoms with E-state index in [1.165, 1.54) is 11.8 Å². The molecule has 1 N–H and O–H groups in total. The molecule has 0 radical (unpaired) electrons. The van der Waals surface area contributed by atoms with Gasteiger partial charge in [0.05, 0.1) is 12.4 Å². The average Bonchev–Trinajstić information content (AvgIpc) is 2.54. The van der Waals surface area contributed by atoms with E-state index in [-0.39, 0.29) is 11.9 Å². The average molecular weight is 308 g/mol. The van der Waals surface area contributed by atoms with Gasteiger partial charge in [-0.1, -0.05) is 18.2 Å². The number of hydrogen-bond acceptors (Lipinski definition) is 5. The third-order valence-electron chi connectivity index (χ3n) is 3.23. The van der Waals surface area contributed by atoms with Crippen molar-refractivity contribution in [1.82, 2.24) is 10.2 Å². The van der Waals surface area contributed by atoms with Gasteiger partial charge >= 0.3 is 5.97 Å². The highest BCUT2D eigenvalue weighted by Crippen LogP contribution is 2.18. The minimum atomic E-state index is -0.512. The number of thioether (sulfide) groups is 1. The van der Waals surface area contributed by atoms with Crippen LogP contribution in [-0.4, -0.2) is 54.8 Å². The number of nitrogens with one attached hydrogen (secondary N) is 1. The highest BCUT2D eigenvalue weighted by atomic mass is 32.2. The van der Waals surface area contributed by atoms with E-state index in [1.54, 1.807) is 11.8 Å². The van der Waals surface area contributed by atoms with Gasteiger partial charge in [-0.15, -0.1) is 11.8 Å².